The zero-order chi connectivity index (χ0) is 13.8. The largest absolute Gasteiger partial charge is 0.573 e. The summed E-state index contributed by atoms with van der Waals surface area (Å²) in [7, 11) is 0. The Morgan fingerprint density at radius 3 is 2.28 bits per heavy atom. The maximum absolute atomic E-state index is 11.9. The van der Waals surface area contributed by atoms with Crippen LogP contribution in [-0.2, 0) is 4.79 Å². The quantitative estimate of drug-likeness (QED) is 0.882. The van der Waals surface area contributed by atoms with Gasteiger partial charge in [0.25, 0.3) is 0 Å². The Labute approximate surface area is 102 Å². The molecule has 1 aromatic carbocycles. The van der Waals surface area contributed by atoms with Gasteiger partial charge in [0.05, 0.1) is 5.92 Å². The van der Waals surface area contributed by atoms with Crippen molar-refractivity contribution >= 4 is 5.97 Å². The highest BCUT2D eigenvalue weighted by Crippen LogP contribution is 2.27. The summed E-state index contributed by atoms with van der Waals surface area (Å²) in [5, 5.41) is 9.00. The van der Waals surface area contributed by atoms with Crippen LogP contribution >= 0.6 is 0 Å². The smallest absolute Gasteiger partial charge is 0.481 e. The van der Waals surface area contributed by atoms with Crippen molar-refractivity contribution in [2.75, 3.05) is 0 Å². The Hall–Kier alpha value is -1.72. The van der Waals surface area contributed by atoms with E-state index in [1.165, 1.54) is 12.1 Å². The molecule has 0 fully saturated rings. The number of benzene rings is 1. The standard InChI is InChI=1S/C12H13F3O3/c1-2-3-10(11(16)17)8-4-6-9(7-5-8)18-12(13,14)15/h4-7,10H,2-3H2,1H3,(H,16,17). The number of carboxylic acid groups (broad SMARTS) is 1. The number of rotatable bonds is 5. The summed E-state index contributed by atoms with van der Waals surface area (Å²) in [5.41, 5.74) is 0.471. The Kier molecular flexibility index (Phi) is 4.58. The lowest BCUT2D eigenvalue weighted by Gasteiger charge is -2.13. The fourth-order valence-electron chi connectivity index (χ4n) is 1.62. The highest BCUT2D eigenvalue weighted by atomic mass is 19.4. The maximum atomic E-state index is 11.9. The van der Waals surface area contributed by atoms with E-state index in [1.54, 1.807) is 0 Å². The average Bonchev–Trinajstić information content (AvgIpc) is 2.25. The minimum atomic E-state index is -4.74. The predicted octanol–water partition coefficient (Wildman–Crippen LogP) is 3.55. The van der Waals surface area contributed by atoms with E-state index in [9.17, 15) is 18.0 Å². The van der Waals surface area contributed by atoms with Crippen LogP contribution in [0.3, 0.4) is 0 Å². The number of carboxylic acids is 1. The van der Waals surface area contributed by atoms with Gasteiger partial charge in [0.15, 0.2) is 0 Å². The highest BCUT2D eigenvalue weighted by molar-refractivity contribution is 5.76. The third-order valence-electron chi connectivity index (χ3n) is 2.39. The zero-order valence-corrected chi connectivity index (χ0v) is 9.70. The van der Waals surface area contributed by atoms with Crippen LogP contribution in [-0.4, -0.2) is 17.4 Å². The molecule has 1 N–H and O–H groups in total. The predicted molar refractivity (Wildman–Crippen MR) is 58.4 cm³/mol. The Balaban J connectivity index is 2.83. The van der Waals surface area contributed by atoms with Gasteiger partial charge < -0.3 is 9.84 Å². The van der Waals surface area contributed by atoms with Crippen molar-refractivity contribution in [1.29, 1.82) is 0 Å². The number of aliphatic carboxylic acids is 1. The van der Waals surface area contributed by atoms with Crippen LogP contribution in [0.25, 0.3) is 0 Å². The van der Waals surface area contributed by atoms with Crippen LogP contribution in [0.2, 0.25) is 0 Å². The summed E-state index contributed by atoms with van der Waals surface area (Å²) < 4.78 is 39.5. The van der Waals surface area contributed by atoms with Crippen molar-refractivity contribution in [2.45, 2.75) is 32.0 Å². The Bertz CT molecular complexity index is 398. The van der Waals surface area contributed by atoms with Crippen LogP contribution in [0.1, 0.15) is 31.2 Å². The molecule has 3 nitrogen and oxygen atoms in total. The second-order valence-electron chi connectivity index (χ2n) is 3.80. The molecule has 0 radical (unpaired) electrons. The lowest BCUT2D eigenvalue weighted by atomic mass is 9.95. The molecule has 0 spiro atoms. The molecule has 0 saturated carbocycles. The van der Waals surface area contributed by atoms with Gasteiger partial charge in [-0.25, -0.2) is 0 Å². The second kappa shape index (κ2) is 5.75. The van der Waals surface area contributed by atoms with Gasteiger partial charge in [0, 0.05) is 0 Å². The molecule has 100 valence electrons. The van der Waals surface area contributed by atoms with Gasteiger partial charge in [-0.3, -0.25) is 4.79 Å². The van der Waals surface area contributed by atoms with Gasteiger partial charge in [-0.1, -0.05) is 25.5 Å². The molecule has 0 aliphatic rings. The average molecular weight is 262 g/mol. The molecule has 0 heterocycles. The van der Waals surface area contributed by atoms with Gasteiger partial charge in [-0.05, 0) is 24.1 Å². The maximum Gasteiger partial charge on any atom is 0.573 e. The lowest BCUT2D eigenvalue weighted by Crippen LogP contribution is -2.17. The summed E-state index contributed by atoms with van der Waals surface area (Å²) in [6.07, 6.45) is -3.62. The van der Waals surface area contributed by atoms with E-state index < -0.39 is 18.2 Å². The first kappa shape index (κ1) is 14.3. The van der Waals surface area contributed by atoms with E-state index in [0.29, 0.717) is 18.4 Å². The van der Waals surface area contributed by atoms with Gasteiger partial charge in [0.1, 0.15) is 5.75 Å². The van der Waals surface area contributed by atoms with Crippen molar-refractivity contribution < 1.29 is 27.8 Å². The number of ether oxygens (including phenoxy) is 1. The number of alkyl halides is 3. The summed E-state index contributed by atoms with van der Waals surface area (Å²) in [6, 6.07) is 4.92. The number of halogens is 3. The molecule has 6 heteroatoms. The normalized spacial score (nSPS) is 13.1. The van der Waals surface area contributed by atoms with Crippen LogP contribution in [0.5, 0.6) is 5.75 Å². The summed E-state index contributed by atoms with van der Waals surface area (Å²) in [5.74, 6) is -2.04. The van der Waals surface area contributed by atoms with E-state index in [0.717, 1.165) is 12.1 Å². The van der Waals surface area contributed by atoms with Crippen LogP contribution in [0, 0.1) is 0 Å². The first-order valence-corrected chi connectivity index (χ1v) is 5.42. The fraction of sp³-hybridized carbons (Fsp3) is 0.417. The van der Waals surface area contributed by atoms with E-state index in [2.05, 4.69) is 4.74 Å². The van der Waals surface area contributed by atoms with Gasteiger partial charge in [0.2, 0.25) is 0 Å². The minimum Gasteiger partial charge on any atom is -0.481 e. The first-order chi connectivity index (χ1) is 8.33. The fourth-order valence-corrected chi connectivity index (χ4v) is 1.62. The van der Waals surface area contributed by atoms with Gasteiger partial charge in [-0.15, -0.1) is 13.2 Å². The summed E-state index contributed by atoms with van der Waals surface area (Å²) in [4.78, 5) is 11.0. The van der Waals surface area contributed by atoms with Crippen molar-refractivity contribution in [1.82, 2.24) is 0 Å². The topological polar surface area (TPSA) is 46.5 Å². The minimum absolute atomic E-state index is 0.355. The second-order valence-corrected chi connectivity index (χ2v) is 3.80. The van der Waals surface area contributed by atoms with E-state index in [1.807, 2.05) is 6.92 Å². The molecule has 0 bridgehead atoms. The molecule has 0 aliphatic heterocycles. The zero-order valence-electron chi connectivity index (χ0n) is 9.70. The van der Waals surface area contributed by atoms with Crippen molar-refractivity contribution in [3.8, 4) is 5.75 Å². The molecule has 1 unspecified atom stereocenters. The Morgan fingerprint density at radius 2 is 1.89 bits per heavy atom. The van der Waals surface area contributed by atoms with Crippen molar-refractivity contribution in [3.63, 3.8) is 0 Å². The number of hydrogen-bond acceptors (Lipinski definition) is 2. The highest BCUT2D eigenvalue weighted by Gasteiger charge is 2.31. The van der Waals surface area contributed by atoms with E-state index in [-0.39, 0.29) is 5.75 Å². The molecular weight excluding hydrogens is 249 g/mol. The molecule has 18 heavy (non-hydrogen) atoms. The molecule has 1 atom stereocenters. The molecular formula is C12H13F3O3. The summed E-state index contributed by atoms with van der Waals surface area (Å²) >= 11 is 0. The SMILES string of the molecule is CCCC(C(=O)O)c1ccc(OC(F)(F)F)cc1. The molecule has 1 aromatic rings. The molecule has 0 aliphatic carbocycles. The monoisotopic (exact) mass is 262 g/mol. The van der Waals surface area contributed by atoms with Crippen molar-refractivity contribution in [2.24, 2.45) is 0 Å². The molecule has 1 rings (SSSR count). The number of hydrogen-bond donors (Lipinski definition) is 1. The van der Waals surface area contributed by atoms with Gasteiger partial charge in [-0.2, -0.15) is 0 Å². The Morgan fingerprint density at radius 1 is 1.33 bits per heavy atom. The number of carbonyl (C=O) groups is 1. The molecule has 0 amide bonds. The van der Waals surface area contributed by atoms with Crippen LogP contribution in [0.4, 0.5) is 13.2 Å². The lowest BCUT2D eigenvalue weighted by molar-refractivity contribution is -0.274. The summed E-state index contributed by atoms with van der Waals surface area (Å²) in [6.45, 7) is 1.84. The van der Waals surface area contributed by atoms with E-state index in [4.69, 9.17) is 5.11 Å². The third-order valence-corrected chi connectivity index (χ3v) is 2.39. The first-order valence-electron chi connectivity index (χ1n) is 5.42. The molecule has 0 aromatic heterocycles. The van der Waals surface area contributed by atoms with Crippen molar-refractivity contribution in [3.05, 3.63) is 29.8 Å². The van der Waals surface area contributed by atoms with Crippen LogP contribution < -0.4 is 4.74 Å². The van der Waals surface area contributed by atoms with Gasteiger partial charge >= 0.3 is 12.3 Å². The molecule has 0 saturated heterocycles. The third kappa shape index (κ3) is 4.27. The van der Waals surface area contributed by atoms with Crippen LogP contribution in [0.15, 0.2) is 24.3 Å². The van der Waals surface area contributed by atoms with E-state index >= 15 is 0 Å².